The summed E-state index contributed by atoms with van der Waals surface area (Å²) in [7, 11) is 0. The molecule has 1 unspecified atom stereocenters. The fourth-order valence-electron chi connectivity index (χ4n) is 2.68. The van der Waals surface area contributed by atoms with Gasteiger partial charge in [-0.1, -0.05) is 48.5 Å². The number of hydrogen-bond acceptors (Lipinski definition) is 3. The molecule has 0 saturated heterocycles. The number of aromatic amines is 1. The number of carbonyl (C=O) groups excluding carboxylic acids is 1. The number of phenolic OH excluding ortho intramolecular Hbond substituents is 1. The van der Waals surface area contributed by atoms with Crippen LogP contribution in [0.5, 0.6) is 5.75 Å². The number of pyridine rings is 1. The minimum atomic E-state index is -0.574. The molecule has 2 aromatic carbocycles. The molecule has 1 aromatic heterocycles. The third-order valence-electron chi connectivity index (χ3n) is 3.96. The van der Waals surface area contributed by atoms with E-state index in [1.165, 1.54) is 6.07 Å². The lowest BCUT2D eigenvalue weighted by atomic mass is 9.97. The molecular formula is C20H18N2O3. The zero-order valence-electron chi connectivity index (χ0n) is 13.7. The Balaban J connectivity index is 2.00. The molecule has 0 aliphatic rings. The second-order valence-electron chi connectivity index (χ2n) is 5.76. The van der Waals surface area contributed by atoms with Gasteiger partial charge in [0.2, 0.25) is 0 Å². The maximum Gasteiger partial charge on any atom is 0.260 e. The van der Waals surface area contributed by atoms with Gasteiger partial charge in [-0.3, -0.25) is 9.59 Å². The Bertz CT molecular complexity index is 948. The van der Waals surface area contributed by atoms with Crippen LogP contribution in [-0.4, -0.2) is 16.0 Å². The Morgan fingerprint density at radius 1 is 1.00 bits per heavy atom. The van der Waals surface area contributed by atoms with Crippen LogP contribution in [0.15, 0.2) is 71.5 Å². The van der Waals surface area contributed by atoms with E-state index in [0.29, 0.717) is 11.3 Å². The van der Waals surface area contributed by atoms with Gasteiger partial charge in [-0.25, -0.2) is 0 Å². The molecular weight excluding hydrogens is 316 g/mol. The first-order chi connectivity index (χ1) is 12.1. The molecule has 0 aliphatic heterocycles. The van der Waals surface area contributed by atoms with Gasteiger partial charge in [0, 0.05) is 11.3 Å². The van der Waals surface area contributed by atoms with Gasteiger partial charge in [-0.05, 0) is 30.7 Å². The summed E-state index contributed by atoms with van der Waals surface area (Å²) in [5.41, 5.74) is 1.64. The minimum absolute atomic E-state index is 0.0296. The average Bonchev–Trinajstić information content (AvgIpc) is 2.61. The number of aromatic nitrogens is 1. The molecule has 1 amide bonds. The number of aryl methyl sites for hydroxylation is 1. The van der Waals surface area contributed by atoms with Crippen LogP contribution in [0.25, 0.3) is 0 Å². The van der Waals surface area contributed by atoms with Crippen molar-refractivity contribution >= 4 is 5.91 Å². The Morgan fingerprint density at radius 2 is 1.68 bits per heavy atom. The van der Waals surface area contributed by atoms with E-state index in [1.54, 1.807) is 37.3 Å². The molecule has 5 nitrogen and oxygen atoms in total. The van der Waals surface area contributed by atoms with Crippen molar-refractivity contribution in [2.24, 2.45) is 0 Å². The molecule has 0 saturated carbocycles. The van der Waals surface area contributed by atoms with E-state index in [9.17, 15) is 14.7 Å². The highest BCUT2D eigenvalue weighted by Gasteiger charge is 2.21. The summed E-state index contributed by atoms with van der Waals surface area (Å²) in [4.78, 5) is 27.3. The Labute approximate surface area is 145 Å². The van der Waals surface area contributed by atoms with E-state index in [2.05, 4.69) is 10.3 Å². The van der Waals surface area contributed by atoms with E-state index in [-0.39, 0.29) is 11.3 Å². The van der Waals surface area contributed by atoms with Crippen molar-refractivity contribution in [3.8, 4) is 5.75 Å². The lowest BCUT2D eigenvalue weighted by Gasteiger charge is -2.20. The molecule has 5 heteroatoms. The number of nitrogens with one attached hydrogen (secondary N) is 2. The van der Waals surface area contributed by atoms with Gasteiger partial charge in [0.15, 0.2) is 0 Å². The fourth-order valence-corrected chi connectivity index (χ4v) is 2.68. The monoisotopic (exact) mass is 334 g/mol. The van der Waals surface area contributed by atoms with Gasteiger partial charge in [0.05, 0.1) is 6.04 Å². The van der Waals surface area contributed by atoms with Crippen molar-refractivity contribution in [2.45, 2.75) is 13.0 Å². The van der Waals surface area contributed by atoms with Crippen LogP contribution in [0.1, 0.15) is 33.2 Å². The highest BCUT2D eigenvalue weighted by atomic mass is 16.3. The van der Waals surface area contributed by atoms with Gasteiger partial charge in [-0.2, -0.15) is 0 Å². The molecule has 0 spiro atoms. The number of benzene rings is 2. The molecule has 0 aliphatic carbocycles. The van der Waals surface area contributed by atoms with Crippen molar-refractivity contribution in [2.75, 3.05) is 0 Å². The molecule has 0 radical (unpaired) electrons. The van der Waals surface area contributed by atoms with Crippen molar-refractivity contribution in [1.82, 2.24) is 10.3 Å². The minimum Gasteiger partial charge on any atom is -0.508 e. The van der Waals surface area contributed by atoms with E-state index in [1.807, 2.05) is 30.3 Å². The summed E-state index contributed by atoms with van der Waals surface area (Å²) < 4.78 is 0. The predicted molar refractivity (Wildman–Crippen MR) is 95.7 cm³/mol. The molecule has 1 atom stereocenters. The second-order valence-corrected chi connectivity index (χ2v) is 5.76. The van der Waals surface area contributed by atoms with E-state index in [0.717, 1.165) is 5.56 Å². The first kappa shape index (κ1) is 16.5. The number of phenols is 1. The highest BCUT2D eigenvalue weighted by Crippen LogP contribution is 2.29. The smallest absolute Gasteiger partial charge is 0.260 e. The standard InChI is InChI=1S/C20H18N2O3/c1-13-11-12-16(19(24)21-13)20(25)22-18(14-7-3-2-4-8-14)15-9-5-6-10-17(15)23/h2-12,18,23H,1H3,(H,21,24)(H,22,25). The van der Waals surface area contributed by atoms with Crippen LogP contribution in [0.2, 0.25) is 0 Å². The van der Waals surface area contributed by atoms with Gasteiger partial charge < -0.3 is 15.4 Å². The van der Waals surface area contributed by atoms with Crippen LogP contribution in [-0.2, 0) is 0 Å². The third-order valence-corrected chi connectivity index (χ3v) is 3.96. The molecule has 3 rings (SSSR count). The normalized spacial score (nSPS) is 11.7. The molecule has 3 N–H and O–H groups in total. The molecule has 0 bridgehead atoms. The lowest BCUT2D eigenvalue weighted by molar-refractivity contribution is 0.0941. The number of amides is 1. The van der Waals surface area contributed by atoms with E-state index >= 15 is 0 Å². The molecule has 126 valence electrons. The first-order valence-electron chi connectivity index (χ1n) is 7.90. The molecule has 1 heterocycles. The van der Waals surface area contributed by atoms with E-state index in [4.69, 9.17) is 0 Å². The molecule has 3 aromatic rings. The zero-order valence-corrected chi connectivity index (χ0v) is 13.7. The topological polar surface area (TPSA) is 82.2 Å². The zero-order chi connectivity index (χ0) is 17.8. The maximum atomic E-state index is 12.6. The van der Waals surface area contributed by atoms with E-state index < -0.39 is 17.5 Å². The van der Waals surface area contributed by atoms with Crippen molar-refractivity contribution in [1.29, 1.82) is 0 Å². The quantitative estimate of drug-likeness (QED) is 0.686. The Morgan fingerprint density at radius 3 is 2.36 bits per heavy atom. The SMILES string of the molecule is Cc1ccc(C(=O)NC(c2ccccc2)c2ccccc2O)c(=O)[nH]1. The summed E-state index contributed by atoms with van der Waals surface area (Å²) in [6.45, 7) is 1.75. The van der Waals surface area contributed by atoms with Gasteiger partial charge >= 0.3 is 0 Å². The summed E-state index contributed by atoms with van der Waals surface area (Å²) in [6.07, 6.45) is 0. The van der Waals surface area contributed by atoms with Crippen molar-refractivity contribution < 1.29 is 9.90 Å². The number of hydrogen-bond donors (Lipinski definition) is 3. The largest absolute Gasteiger partial charge is 0.508 e. The summed E-state index contributed by atoms with van der Waals surface area (Å²) in [6, 6.07) is 18.7. The van der Waals surface area contributed by atoms with Crippen LogP contribution in [0, 0.1) is 6.92 Å². The second kappa shape index (κ2) is 7.05. The summed E-state index contributed by atoms with van der Waals surface area (Å²) in [5.74, 6) is -0.423. The molecule has 0 fully saturated rings. The van der Waals surface area contributed by atoms with Gasteiger partial charge in [-0.15, -0.1) is 0 Å². The summed E-state index contributed by atoms with van der Waals surface area (Å²) in [5, 5.41) is 13.0. The summed E-state index contributed by atoms with van der Waals surface area (Å²) >= 11 is 0. The fraction of sp³-hybridized carbons (Fsp3) is 0.100. The van der Waals surface area contributed by atoms with Crippen LogP contribution in [0.3, 0.4) is 0 Å². The van der Waals surface area contributed by atoms with Crippen LogP contribution in [0.4, 0.5) is 0 Å². The highest BCUT2D eigenvalue weighted by molar-refractivity contribution is 5.94. The number of aromatic hydroxyl groups is 1. The average molecular weight is 334 g/mol. The van der Waals surface area contributed by atoms with Crippen LogP contribution >= 0.6 is 0 Å². The van der Waals surface area contributed by atoms with Crippen molar-refractivity contribution in [3.05, 3.63) is 99.5 Å². The van der Waals surface area contributed by atoms with Crippen LogP contribution < -0.4 is 10.9 Å². The van der Waals surface area contributed by atoms with Gasteiger partial charge in [0.25, 0.3) is 11.5 Å². The first-order valence-corrected chi connectivity index (χ1v) is 7.90. The number of para-hydroxylation sites is 1. The Hall–Kier alpha value is -3.34. The third kappa shape index (κ3) is 3.61. The van der Waals surface area contributed by atoms with Crippen molar-refractivity contribution in [3.63, 3.8) is 0 Å². The number of rotatable bonds is 4. The lowest BCUT2D eigenvalue weighted by Crippen LogP contribution is -2.33. The number of H-pyrrole nitrogens is 1. The Kier molecular flexibility index (Phi) is 4.66. The number of carbonyl (C=O) groups is 1. The van der Waals surface area contributed by atoms with Gasteiger partial charge in [0.1, 0.15) is 11.3 Å². The predicted octanol–water partition coefficient (Wildman–Crippen LogP) is 2.91. The maximum absolute atomic E-state index is 12.6. The molecule has 25 heavy (non-hydrogen) atoms.